The topological polar surface area (TPSA) is 26.0 Å². The van der Waals surface area contributed by atoms with Crippen molar-refractivity contribution in [2.75, 3.05) is 0 Å². The van der Waals surface area contributed by atoms with Gasteiger partial charge in [-0.25, -0.2) is 0 Å². The summed E-state index contributed by atoms with van der Waals surface area (Å²) in [4.78, 5) is 0. The van der Waals surface area contributed by atoms with E-state index in [1.54, 1.807) is 0 Å². The highest BCUT2D eigenvalue weighted by molar-refractivity contribution is 6.31. The molecular weight excluding hydrogens is 254 g/mol. The maximum absolute atomic E-state index is 6.70. The number of halogens is 1. The summed E-state index contributed by atoms with van der Waals surface area (Å²) in [5, 5.41) is 0.887. The molecule has 0 spiro atoms. The van der Waals surface area contributed by atoms with Crippen LogP contribution in [0.2, 0.25) is 5.02 Å². The first kappa shape index (κ1) is 13.5. The zero-order chi connectivity index (χ0) is 13.5. The maximum atomic E-state index is 6.70. The van der Waals surface area contributed by atoms with E-state index in [2.05, 4.69) is 25.1 Å². The van der Waals surface area contributed by atoms with Crippen molar-refractivity contribution in [3.8, 4) is 0 Å². The van der Waals surface area contributed by atoms with E-state index in [0.29, 0.717) is 0 Å². The Morgan fingerprint density at radius 2 is 2.05 bits per heavy atom. The van der Waals surface area contributed by atoms with Crippen LogP contribution >= 0.6 is 11.6 Å². The van der Waals surface area contributed by atoms with Crippen molar-refractivity contribution in [2.45, 2.75) is 57.4 Å². The predicted molar refractivity (Wildman–Crippen MR) is 81.5 cm³/mol. The number of hydrogen-bond donors (Lipinski definition) is 1. The monoisotopic (exact) mass is 277 g/mol. The van der Waals surface area contributed by atoms with Crippen LogP contribution in [0.5, 0.6) is 0 Å². The number of hydrogen-bond acceptors (Lipinski definition) is 1. The molecule has 0 aromatic heterocycles. The minimum Gasteiger partial charge on any atom is -0.325 e. The fourth-order valence-electron chi connectivity index (χ4n) is 3.75. The SMILES string of the molecule is Cc1ccc(CC2(N)CCCC(C3CC3)C2)c(Cl)c1. The van der Waals surface area contributed by atoms with Gasteiger partial charge in [0.2, 0.25) is 0 Å². The predicted octanol–water partition coefficient (Wildman–Crippen LogP) is 4.49. The van der Waals surface area contributed by atoms with E-state index < -0.39 is 0 Å². The highest BCUT2D eigenvalue weighted by atomic mass is 35.5. The van der Waals surface area contributed by atoms with E-state index in [1.807, 2.05) is 0 Å². The summed E-state index contributed by atoms with van der Waals surface area (Å²) in [5.74, 6) is 1.86. The standard InChI is InChI=1S/C17H24ClN/c1-12-4-5-15(16(18)9-12)11-17(19)8-2-3-14(10-17)13-6-7-13/h4-5,9,13-14H,2-3,6-8,10-11,19H2,1H3. The van der Waals surface area contributed by atoms with Gasteiger partial charge in [-0.1, -0.05) is 36.6 Å². The lowest BCUT2D eigenvalue weighted by Gasteiger charge is -2.38. The molecule has 2 heteroatoms. The fourth-order valence-corrected chi connectivity index (χ4v) is 4.05. The van der Waals surface area contributed by atoms with Gasteiger partial charge in [-0.05, 0) is 68.1 Å². The van der Waals surface area contributed by atoms with Crippen molar-refractivity contribution >= 4 is 11.6 Å². The van der Waals surface area contributed by atoms with Crippen molar-refractivity contribution in [3.63, 3.8) is 0 Å². The Hall–Kier alpha value is -0.530. The zero-order valence-corrected chi connectivity index (χ0v) is 12.5. The highest BCUT2D eigenvalue weighted by Crippen LogP contribution is 2.46. The smallest absolute Gasteiger partial charge is 0.0441 e. The van der Waals surface area contributed by atoms with E-state index in [4.69, 9.17) is 17.3 Å². The minimum atomic E-state index is -0.0234. The van der Waals surface area contributed by atoms with Crippen LogP contribution in [-0.2, 0) is 6.42 Å². The third kappa shape index (κ3) is 3.14. The van der Waals surface area contributed by atoms with E-state index in [0.717, 1.165) is 29.7 Å². The highest BCUT2D eigenvalue weighted by Gasteiger charge is 2.40. The third-order valence-corrected chi connectivity index (χ3v) is 5.31. The molecule has 3 rings (SSSR count). The van der Waals surface area contributed by atoms with Gasteiger partial charge in [0.05, 0.1) is 0 Å². The third-order valence-electron chi connectivity index (χ3n) is 4.96. The van der Waals surface area contributed by atoms with Gasteiger partial charge in [0.25, 0.3) is 0 Å². The van der Waals surface area contributed by atoms with Crippen molar-refractivity contribution in [2.24, 2.45) is 17.6 Å². The first-order valence-electron chi connectivity index (χ1n) is 7.60. The van der Waals surface area contributed by atoms with E-state index in [9.17, 15) is 0 Å². The molecule has 19 heavy (non-hydrogen) atoms. The van der Waals surface area contributed by atoms with Gasteiger partial charge in [0, 0.05) is 10.6 Å². The van der Waals surface area contributed by atoms with Gasteiger partial charge in [0.1, 0.15) is 0 Å². The Morgan fingerprint density at radius 3 is 2.74 bits per heavy atom. The normalized spacial score (nSPS) is 31.4. The van der Waals surface area contributed by atoms with Gasteiger partial charge in [-0.3, -0.25) is 0 Å². The first-order valence-corrected chi connectivity index (χ1v) is 7.97. The van der Waals surface area contributed by atoms with Gasteiger partial charge in [0.15, 0.2) is 0 Å². The minimum absolute atomic E-state index is 0.0234. The summed E-state index contributed by atoms with van der Waals surface area (Å²) in [7, 11) is 0. The Labute approximate surface area is 121 Å². The van der Waals surface area contributed by atoms with Gasteiger partial charge < -0.3 is 5.73 Å². The lowest BCUT2D eigenvalue weighted by atomic mass is 9.72. The van der Waals surface area contributed by atoms with Gasteiger partial charge in [-0.15, -0.1) is 0 Å². The molecule has 0 bridgehead atoms. The van der Waals surface area contributed by atoms with E-state index in [1.165, 1.54) is 43.2 Å². The molecule has 2 atom stereocenters. The molecule has 2 unspecified atom stereocenters. The van der Waals surface area contributed by atoms with Crippen LogP contribution in [-0.4, -0.2) is 5.54 Å². The molecule has 2 N–H and O–H groups in total. The van der Waals surface area contributed by atoms with Crippen LogP contribution in [0.1, 0.15) is 49.7 Å². The lowest BCUT2D eigenvalue weighted by Crippen LogP contribution is -2.46. The largest absolute Gasteiger partial charge is 0.325 e. The number of aryl methyl sites for hydroxylation is 1. The average molecular weight is 278 g/mol. The summed E-state index contributed by atoms with van der Waals surface area (Å²) in [6.07, 6.45) is 8.85. The second kappa shape index (κ2) is 5.10. The summed E-state index contributed by atoms with van der Waals surface area (Å²) in [5.41, 5.74) is 9.12. The molecule has 1 nitrogen and oxygen atoms in total. The molecule has 0 heterocycles. The van der Waals surface area contributed by atoms with Crippen LogP contribution in [0.4, 0.5) is 0 Å². The molecule has 0 aliphatic heterocycles. The molecule has 0 amide bonds. The molecule has 2 saturated carbocycles. The van der Waals surface area contributed by atoms with Crippen LogP contribution in [0, 0.1) is 18.8 Å². The van der Waals surface area contributed by atoms with Crippen LogP contribution in [0.25, 0.3) is 0 Å². The number of rotatable bonds is 3. The Bertz CT molecular complexity index is 466. The number of benzene rings is 1. The molecule has 104 valence electrons. The average Bonchev–Trinajstić information content (AvgIpc) is 3.17. The maximum Gasteiger partial charge on any atom is 0.0441 e. The first-order chi connectivity index (χ1) is 9.06. The molecule has 2 fully saturated rings. The van der Waals surface area contributed by atoms with Crippen molar-refractivity contribution in [1.29, 1.82) is 0 Å². The van der Waals surface area contributed by atoms with E-state index in [-0.39, 0.29) is 5.54 Å². The van der Waals surface area contributed by atoms with Crippen LogP contribution in [0.15, 0.2) is 18.2 Å². The Balaban J connectivity index is 1.73. The zero-order valence-electron chi connectivity index (χ0n) is 11.8. The Morgan fingerprint density at radius 1 is 1.26 bits per heavy atom. The summed E-state index contributed by atoms with van der Waals surface area (Å²) < 4.78 is 0. The summed E-state index contributed by atoms with van der Waals surface area (Å²) in [6.45, 7) is 2.08. The molecule has 2 aliphatic rings. The lowest BCUT2D eigenvalue weighted by molar-refractivity contribution is 0.204. The quantitative estimate of drug-likeness (QED) is 0.866. The number of nitrogens with two attached hydrogens (primary N) is 1. The Kier molecular flexibility index (Phi) is 3.61. The molecule has 1 aromatic rings. The molecular formula is C17H24ClN. The second-order valence-electron chi connectivity index (χ2n) is 6.83. The molecule has 2 aliphatic carbocycles. The molecule has 1 aromatic carbocycles. The second-order valence-corrected chi connectivity index (χ2v) is 7.24. The van der Waals surface area contributed by atoms with Crippen LogP contribution in [0.3, 0.4) is 0 Å². The van der Waals surface area contributed by atoms with Gasteiger partial charge in [-0.2, -0.15) is 0 Å². The molecule has 0 radical (unpaired) electrons. The summed E-state index contributed by atoms with van der Waals surface area (Å²) >= 11 is 6.37. The van der Waals surface area contributed by atoms with Crippen LogP contribution < -0.4 is 5.73 Å². The van der Waals surface area contributed by atoms with Crippen molar-refractivity contribution in [3.05, 3.63) is 34.3 Å². The molecule has 0 saturated heterocycles. The van der Waals surface area contributed by atoms with Crippen molar-refractivity contribution in [1.82, 2.24) is 0 Å². The summed E-state index contributed by atoms with van der Waals surface area (Å²) in [6, 6.07) is 6.36. The van der Waals surface area contributed by atoms with Gasteiger partial charge >= 0.3 is 0 Å². The fraction of sp³-hybridized carbons (Fsp3) is 0.647. The van der Waals surface area contributed by atoms with Crippen molar-refractivity contribution < 1.29 is 0 Å². The van der Waals surface area contributed by atoms with E-state index >= 15 is 0 Å².